The summed E-state index contributed by atoms with van der Waals surface area (Å²) >= 11 is 0. The molecule has 0 aromatic rings. The van der Waals surface area contributed by atoms with E-state index in [1.54, 1.807) is 6.26 Å². The van der Waals surface area contributed by atoms with Crippen LogP contribution in [0, 0.1) is 0 Å². The van der Waals surface area contributed by atoms with E-state index in [2.05, 4.69) is 11.9 Å². The Morgan fingerprint density at radius 1 is 0.800 bits per heavy atom. The van der Waals surface area contributed by atoms with Gasteiger partial charge in [-0.1, -0.05) is 77.6 Å². The number of hydrogen-bond acceptors (Lipinski definition) is 2. The average molecular weight is 279 g/mol. The molecular formula is C18H33NO. The normalized spacial score (nSPS) is 17.4. The molecule has 1 unspecified atom stereocenters. The summed E-state index contributed by atoms with van der Waals surface area (Å²) < 4.78 is 5.40. The molecule has 1 aliphatic rings. The van der Waals surface area contributed by atoms with Gasteiger partial charge in [-0.15, -0.1) is 0 Å². The molecule has 0 saturated carbocycles. The van der Waals surface area contributed by atoms with Crippen LogP contribution in [0.25, 0.3) is 0 Å². The maximum atomic E-state index is 5.40. The molecule has 1 heterocycles. The van der Waals surface area contributed by atoms with Crippen LogP contribution in [0.3, 0.4) is 0 Å². The van der Waals surface area contributed by atoms with E-state index in [4.69, 9.17) is 4.74 Å². The zero-order chi connectivity index (χ0) is 14.3. The maximum absolute atomic E-state index is 5.40. The van der Waals surface area contributed by atoms with Crippen LogP contribution in [0.1, 0.15) is 90.4 Å². The van der Waals surface area contributed by atoms with E-state index >= 15 is 0 Å². The summed E-state index contributed by atoms with van der Waals surface area (Å²) in [4.78, 5) is 4.28. The first-order valence-electron chi connectivity index (χ1n) is 8.77. The number of hydrogen-bond donors (Lipinski definition) is 0. The van der Waals surface area contributed by atoms with Crippen molar-refractivity contribution in [3.05, 3.63) is 12.3 Å². The summed E-state index contributed by atoms with van der Waals surface area (Å²) in [5.41, 5.74) is 0. The molecule has 1 atom stereocenters. The Hall–Kier alpha value is -0.790. The van der Waals surface area contributed by atoms with Gasteiger partial charge in [0.05, 0.1) is 6.26 Å². The molecule has 1 rings (SSSR count). The highest BCUT2D eigenvalue weighted by molar-refractivity contribution is 5.71. The van der Waals surface area contributed by atoms with Gasteiger partial charge in [-0.05, 0) is 12.5 Å². The molecule has 0 spiro atoms. The second-order valence-electron chi connectivity index (χ2n) is 5.90. The molecule has 0 N–H and O–H groups in total. The summed E-state index contributed by atoms with van der Waals surface area (Å²) in [5, 5.41) is 0. The van der Waals surface area contributed by atoms with E-state index in [0.717, 1.165) is 6.42 Å². The van der Waals surface area contributed by atoms with Gasteiger partial charge in [0.1, 0.15) is 0 Å². The highest BCUT2D eigenvalue weighted by atomic mass is 16.5. The highest BCUT2D eigenvalue weighted by Crippen LogP contribution is 2.14. The molecule has 0 fully saturated rings. The van der Waals surface area contributed by atoms with Crippen LogP contribution in [-0.2, 0) is 4.74 Å². The molecule has 0 bridgehead atoms. The Morgan fingerprint density at radius 3 is 1.85 bits per heavy atom. The smallest absolute Gasteiger partial charge is 0.188 e. The molecule has 2 heteroatoms. The van der Waals surface area contributed by atoms with Crippen molar-refractivity contribution in [3.8, 4) is 0 Å². The minimum atomic E-state index is 0.0862. The molecule has 0 aliphatic carbocycles. The standard InChI is InChI=1S/C18H33NO/c1-2-3-4-5-6-7-8-9-10-11-12-13-15-18-19-16-14-17-20-18/h14,16-18H,2-13,15H2,1H3. The second kappa shape index (κ2) is 13.2. The van der Waals surface area contributed by atoms with Gasteiger partial charge in [0, 0.05) is 12.6 Å². The Kier molecular flexibility index (Phi) is 11.4. The first kappa shape index (κ1) is 17.3. The monoisotopic (exact) mass is 279 g/mol. The Morgan fingerprint density at radius 2 is 1.35 bits per heavy atom. The van der Waals surface area contributed by atoms with Crippen LogP contribution < -0.4 is 0 Å². The third kappa shape index (κ3) is 10.1. The number of unbranched alkanes of at least 4 members (excludes halogenated alkanes) is 11. The predicted octanol–water partition coefficient (Wildman–Crippen LogP) is 6.02. The number of ether oxygens (including phenoxy) is 1. The number of nitrogens with zero attached hydrogens (tertiary/aromatic N) is 1. The summed E-state index contributed by atoms with van der Waals surface area (Å²) in [6, 6.07) is 0. The van der Waals surface area contributed by atoms with Crippen LogP contribution in [0.5, 0.6) is 0 Å². The summed E-state index contributed by atoms with van der Waals surface area (Å²) in [7, 11) is 0. The minimum Gasteiger partial charge on any atom is -0.476 e. The van der Waals surface area contributed by atoms with Crippen LogP contribution in [-0.4, -0.2) is 12.4 Å². The van der Waals surface area contributed by atoms with Crippen LogP contribution in [0.4, 0.5) is 0 Å². The summed E-state index contributed by atoms with van der Waals surface area (Å²) in [5.74, 6) is 0. The van der Waals surface area contributed by atoms with Gasteiger partial charge < -0.3 is 4.74 Å². The Balaban J connectivity index is 1.72. The van der Waals surface area contributed by atoms with Crippen LogP contribution in [0.15, 0.2) is 17.3 Å². The fourth-order valence-corrected chi connectivity index (χ4v) is 2.65. The first-order valence-corrected chi connectivity index (χ1v) is 8.77. The molecule has 0 aromatic heterocycles. The first-order chi connectivity index (χ1) is 9.93. The van der Waals surface area contributed by atoms with Crippen molar-refractivity contribution in [2.24, 2.45) is 4.99 Å². The predicted molar refractivity (Wildman–Crippen MR) is 88.2 cm³/mol. The van der Waals surface area contributed by atoms with Gasteiger partial charge in [0.25, 0.3) is 0 Å². The zero-order valence-electron chi connectivity index (χ0n) is 13.4. The quantitative estimate of drug-likeness (QED) is 0.378. The van der Waals surface area contributed by atoms with Crippen molar-refractivity contribution in [1.82, 2.24) is 0 Å². The fourth-order valence-electron chi connectivity index (χ4n) is 2.65. The molecule has 0 amide bonds. The van der Waals surface area contributed by atoms with Crippen molar-refractivity contribution in [1.29, 1.82) is 0 Å². The van der Waals surface area contributed by atoms with Crippen LogP contribution >= 0.6 is 0 Å². The van der Waals surface area contributed by atoms with E-state index in [1.807, 2.05) is 12.3 Å². The Bertz CT molecular complexity index is 260. The van der Waals surface area contributed by atoms with Gasteiger partial charge in [-0.3, -0.25) is 4.99 Å². The lowest BCUT2D eigenvalue weighted by molar-refractivity contribution is 0.138. The topological polar surface area (TPSA) is 21.6 Å². The molecule has 2 nitrogen and oxygen atoms in total. The number of aliphatic imine (C=N–C) groups is 1. The van der Waals surface area contributed by atoms with E-state index in [-0.39, 0.29) is 6.23 Å². The lowest BCUT2D eigenvalue weighted by atomic mass is 10.0. The van der Waals surface area contributed by atoms with Crippen molar-refractivity contribution >= 4 is 6.21 Å². The molecular weight excluding hydrogens is 246 g/mol. The minimum absolute atomic E-state index is 0.0862. The van der Waals surface area contributed by atoms with Crippen LogP contribution in [0.2, 0.25) is 0 Å². The highest BCUT2D eigenvalue weighted by Gasteiger charge is 2.05. The third-order valence-corrected chi connectivity index (χ3v) is 3.96. The Labute approximate surface area is 125 Å². The van der Waals surface area contributed by atoms with Crippen molar-refractivity contribution in [2.45, 2.75) is 96.6 Å². The number of rotatable bonds is 13. The van der Waals surface area contributed by atoms with Crippen molar-refractivity contribution in [2.75, 3.05) is 0 Å². The molecule has 116 valence electrons. The van der Waals surface area contributed by atoms with E-state index < -0.39 is 0 Å². The fraction of sp³-hybridized carbons (Fsp3) is 0.833. The number of allylic oxidation sites excluding steroid dienone is 1. The van der Waals surface area contributed by atoms with Gasteiger partial charge in [-0.25, -0.2) is 0 Å². The van der Waals surface area contributed by atoms with Crippen molar-refractivity contribution < 1.29 is 4.74 Å². The van der Waals surface area contributed by atoms with E-state index in [1.165, 1.54) is 77.0 Å². The van der Waals surface area contributed by atoms with Gasteiger partial charge >= 0.3 is 0 Å². The molecule has 0 saturated heterocycles. The molecule has 1 aliphatic heterocycles. The van der Waals surface area contributed by atoms with Gasteiger partial charge in [-0.2, -0.15) is 0 Å². The van der Waals surface area contributed by atoms with E-state index in [9.17, 15) is 0 Å². The summed E-state index contributed by atoms with van der Waals surface area (Å²) in [6.45, 7) is 2.28. The third-order valence-electron chi connectivity index (χ3n) is 3.96. The van der Waals surface area contributed by atoms with E-state index in [0.29, 0.717) is 0 Å². The average Bonchev–Trinajstić information content (AvgIpc) is 2.49. The summed E-state index contributed by atoms with van der Waals surface area (Å²) in [6.07, 6.45) is 23.4. The molecule has 0 aromatic carbocycles. The SMILES string of the molecule is CCCCCCCCCCCCCCC1N=CC=CO1. The largest absolute Gasteiger partial charge is 0.476 e. The molecule has 20 heavy (non-hydrogen) atoms. The van der Waals surface area contributed by atoms with Crippen molar-refractivity contribution in [3.63, 3.8) is 0 Å². The maximum Gasteiger partial charge on any atom is 0.188 e. The second-order valence-corrected chi connectivity index (χ2v) is 5.90. The van der Waals surface area contributed by atoms with Gasteiger partial charge in [0.2, 0.25) is 0 Å². The molecule has 0 radical (unpaired) electrons. The van der Waals surface area contributed by atoms with Gasteiger partial charge in [0.15, 0.2) is 6.23 Å². The lowest BCUT2D eigenvalue weighted by Gasteiger charge is -2.13. The lowest BCUT2D eigenvalue weighted by Crippen LogP contribution is -2.08. The zero-order valence-corrected chi connectivity index (χ0v) is 13.4.